The molecule has 0 saturated heterocycles. The number of halogens is 2. The highest BCUT2D eigenvalue weighted by molar-refractivity contribution is 6.32. The first kappa shape index (κ1) is 18.0. The molecule has 0 fully saturated rings. The first-order valence-corrected chi connectivity index (χ1v) is 8.46. The molecule has 2 aromatic carbocycles. The molecule has 0 radical (unpaired) electrons. The van der Waals surface area contributed by atoms with Crippen molar-refractivity contribution in [2.75, 3.05) is 12.4 Å². The highest BCUT2D eigenvalue weighted by Gasteiger charge is 2.18. The Balaban J connectivity index is 1.77. The third-order valence-electron chi connectivity index (χ3n) is 4.06. The second-order valence-corrected chi connectivity index (χ2v) is 6.21. The van der Waals surface area contributed by atoms with Gasteiger partial charge in [0.05, 0.1) is 24.6 Å². The van der Waals surface area contributed by atoms with Crippen molar-refractivity contribution in [1.82, 2.24) is 4.57 Å². The molecule has 26 heavy (non-hydrogen) atoms. The second kappa shape index (κ2) is 8.06. The van der Waals surface area contributed by atoms with Crippen molar-refractivity contribution in [1.29, 1.82) is 0 Å². The van der Waals surface area contributed by atoms with E-state index in [9.17, 15) is 9.18 Å². The Bertz CT molecular complexity index is 879. The number of hydrogen-bond acceptors (Lipinski definition) is 2. The number of aromatic nitrogens is 1. The molecule has 0 aliphatic heterocycles. The minimum Gasteiger partial charge on any atom is -0.495 e. The number of benzene rings is 2. The van der Waals surface area contributed by atoms with Gasteiger partial charge in [-0.15, -0.1) is 0 Å². The van der Waals surface area contributed by atoms with E-state index in [0.717, 1.165) is 5.56 Å². The molecule has 0 bridgehead atoms. The fraction of sp³-hybridized carbons (Fsp3) is 0.150. The van der Waals surface area contributed by atoms with Crippen LogP contribution in [0.1, 0.15) is 18.0 Å². The second-order valence-electron chi connectivity index (χ2n) is 5.80. The summed E-state index contributed by atoms with van der Waals surface area (Å²) in [5.41, 5.74) is 1.44. The summed E-state index contributed by atoms with van der Waals surface area (Å²) in [6.07, 6.45) is 3.96. The number of rotatable bonds is 6. The normalized spacial score (nSPS) is 11.8. The SMILES string of the molecule is COc1ccc(NC(=O)CC(c2ccc(F)cc2)n2cccc2)cc1Cl. The van der Waals surface area contributed by atoms with Crippen LogP contribution >= 0.6 is 11.6 Å². The average Bonchev–Trinajstić information content (AvgIpc) is 3.15. The molecule has 0 aliphatic rings. The standard InChI is InChI=1S/C20H18ClFN2O2/c1-26-19-9-8-16(12-17(19)21)23-20(25)13-18(24-10-2-3-11-24)14-4-6-15(22)7-5-14/h2-12,18H,13H2,1H3,(H,23,25). The van der Waals surface area contributed by atoms with Gasteiger partial charge in [-0.25, -0.2) is 4.39 Å². The molecule has 0 spiro atoms. The lowest BCUT2D eigenvalue weighted by atomic mass is 10.0. The van der Waals surface area contributed by atoms with Crippen LogP contribution in [0.4, 0.5) is 10.1 Å². The molecule has 3 aromatic rings. The third-order valence-corrected chi connectivity index (χ3v) is 4.35. The number of ether oxygens (including phenoxy) is 1. The van der Waals surface area contributed by atoms with Crippen LogP contribution in [0.15, 0.2) is 67.0 Å². The number of carbonyl (C=O) groups is 1. The van der Waals surface area contributed by atoms with Crippen LogP contribution in [0.5, 0.6) is 5.75 Å². The minimum absolute atomic E-state index is 0.172. The van der Waals surface area contributed by atoms with Crippen LogP contribution in [-0.4, -0.2) is 17.6 Å². The molecule has 1 unspecified atom stereocenters. The van der Waals surface area contributed by atoms with Crippen molar-refractivity contribution < 1.29 is 13.9 Å². The number of methoxy groups -OCH3 is 1. The smallest absolute Gasteiger partial charge is 0.226 e. The lowest BCUT2D eigenvalue weighted by Gasteiger charge is -2.19. The number of hydrogen-bond donors (Lipinski definition) is 1. The van der Waals surface area contributed by atoms with Gasteiger partial charge in [0.15, 0.2) is 0 Å². The monoisotopic (exact) mass is 372 g/mol. The summed E-state index contributed by atoms with van der Waals surface area (Å²) in [5, 5.41) is 3.26. The average molecular weight is 373 g/mol. The van der Waals surface area contributed by atoms with Gasteiger partial charge in [-0.1, -0.05) is 23.7 Å². The summed E-state index contributed by atoms with van der Waals surface area (Å²) in [6, 6.07) is 14.8. The maximum Gasteiger partial charge on any atom is 0.226 e. The van der Waals surface area contributed by atoms with Gasteiger partial charge in [-0.3, -0.25) is 4.79 Å². The van der Waals surface area contributed by atoms with E-state index >= 15 is 0 Å². The van der Waals surface area contributed by atoms with Gasteiger partial charge in [0.25, 0.3) is 0 Å². The van der Waals surface area contributed by atoms with Gasteiger partial charge in [0.1, 0.15) is 11.6 Å². The van der Waals surface area contributed by atoms with Gasteiger partial charge >= 0.3 is 0 Å². The Morgan fingerprint density at radius 1 is 1.19 bits per heavy atom. The van der Waals surface area contributed by atoms with Crippen LogP contribution in [0.3, 0.4) is 0 Å². The lowest BCUT2D eigenvalue weighted by Crippen LogP contribution is -2.19. The van der Waals surface area contributed by atoms with E-state index in [4.69, 9.17) is 16.3 Å². The van der Waals surface area contributed by atoms with Crippen LogP contribution in [-0.2, 0) is 4.79 Å². The van der Waals surface area contributed by atoms with Crippen molar-refractivity contribution in [3.63, 3.8) is 0 Å². The molecule has 6 heteroatoms. The zero-order chi connectivity index (χ0) is 18.5. The van der Waals surface area contributed by atoms with E-state index in [0.29, 0.717) is 16.5 Å². The molecule has 3 rings (SSSR count). The summed E-state index contributed by atoms with van der Waals surface area (Å²) in [4.78, 5) is 12.6. The first-order chi connectivity index (χ1) is 12.6. The van der Waals surface area contributed by atoms with Crippen LogP contribution in [0.25, 0.3) is 0 Å². The number of nitrogens with zero attached hydrogens (tertiary/aromatic N) is 1. The van der Waals surface area contributed by atoms with Crippen molar-refractivity contribution >= 4 is 23.2 Å². The van der Waals surface area contributed by atoms with Crippen LogP contribution in [0, 0.1) is 5.82 Å². The Kier molecular flexibility index (Phi) is 5.58. The van der Waals surface area contributed by atoms with E-state index in [1.165, 1.54) is 19.2 Å². The molecule has 4 nitrogen and oxygen atoms in total. The number of amides is 1. The van der Waals surface area contributed by atoms with Gasteiger partial charge in [-0.05, 0) is 48.0 Å². The van der Waals surface area contributed by atoms with E-state index < -0.39 is 0 Å². The third kappa shape index (κ3) is 4.24. The van der Waals surface area contributed by atoms with Gasteiger partial charge < -0.3 is 14.6 Å². The zero-order valence-electron chi connectivity index (χ0n) is 14.2. The van der Waals surface area contributed by atoms with Crippen LogP contribution < -0.4 is 10.1 Å². The van der Waals surface area contributed by atoms with E-state index in [1.807, 2.05) is 29.1 Å². The predicted molar refractivity (Wildman–Crippen MR) is 100 cm³/mol. The molecular weight excluding hydrogens is 355 g/mol. The molecule has 1 aromatic heterocycles. The van der Waals surface area contributed by atoms with E-state index in [-0.39, 0.29) is 24.2 Å². The Morgan fingerprint density at radius 2 is 1.88 bits per heavy atom. The van der Waals surface area contributed by atoms with Crippen molar-refractivity contribution in [2.24, 2.45) is 0 Å². The molecule has 1 atom stereocenters. The summed E-state index contributed by atoms with van der Waals surface area (Å²) < 4.78 is 20.3. The highest BCUT2D eigenvalue weighted by atomic mass is 35.5. The molecule has 0 saturated carbocycles. The molecule has 1 heterocycles. The van der Waals surface area contributed by atoms with Gasteiger partial charge in [0, 0.05) is 18.1 Å². The molecular formula is C20H18ClFN2O2. The largest absolute Gasteiger partial charge is 0.495 e. The molecule has 1 N–H and O–H groups in total. The first-order valence-electron chi connectivity index (χ1n) is 8.08. The van der Waals surface area contributed by atoms with E-state index in [2.05, 4.69) is 5.32 Å². The topological polar surface area (TPSA) is 43.3 Å². The predicted octanol–water partition coefficient (Wildman–Crippen LogP) is 4.91. The van der Waals surface area contributed by atoms with Crippen LogP contribution in [0.2, 0.25) is 5.02 Å². The van der Waals surface area contributed by atoms with Gasteiger partial charge in [-0.2, -0.15) is 0 Å². The maximum atomic E-state index is 13.2. The van der Waals surface area contributed by atoms with Crippen molar-refractivity contribution in [2.45, 2.75) is 12.5 Å². The fourth-order valence-electron chi connectivity index (χ4n) is 2.77. The van der Waals surface area contributed by atoms with Crippen molar-refractivity contribution in [3.8, 4) is 5.75 Å². The highest BCUT2D eigenvalue weighted by Crippen LogP contribution is 2.28. The van der Waals surface area contributed by atoms with E-state index in [1.54, 1.807) is 30.3 Å². The lowest BCUT2D eigenvalue weighted by molar-refractivity contribution is -0.116. The fourth-order valence-corrected chi connectivity index (χ4v) is 3.03. The number of nitrogens with one attached hydrogen (secondary N) is 1. The van der Waals surface area contributed by atoms with Crippen molar-refractivity contribution in [3.05, 3.63) is 83.4 Å². The zero-order valence-corrected chi connectivity index (χ0v) is 14.9. The molecule has 0 aliphatic carbocycles. The summed E-state index contributed by atoms with van der Waals surface area (Å²) >= 11 is 6.09. The quantitative estimate of drug-likeness (QED) is 0.668. The minimum atomic E-state index is -0.308. The molecule has 134 valence electrons. The summed E-state index contributed by atoms with van der Waals surface area (Å²) in [5.74, 6) is 0.0628. The Morgan fingerprint density at radius 3 is 2.50 bits per heavy atom. The number of anilines is 1. The Hall–Kier alpha value is -2.79. The Labute approximate surface area is 156 Å². The number of carbonyl (C=O) groups excluding carboxylic acids is 1. The summed E-state index contributed by atoms with van der Waals surface area (Å²) in [7, 11) is 1.53. The molecule has 1 amide bonds. The van der Waals surface area contributed by atoms with Gasteiger partial charge in [0.2, 0.25) is 5.91 Å². The maximum absolute atomic E-state index is 13.2. The summed E-state index contributed by atoms with van der Waals surface area (Å²) in [6.45, 7) is 0.